The second kappa shape index (κ2) is 5.09. The molecule has 1 heterocycles. The molecular weight excluding hydrogens is 298 g/mol. The van der Waals surface area contributed by atoms with Crippen LogP contribution in [0.25, 0.3) is 0 Å². The number of aryl methyl sites for hydroxylation is 2. The molecule has 0 amide bonds. The first-order valence-electron chi connectivity index (χ1n) is 5.83. The third kappa shape index (κ3) is 2.82. The molecule has 8 nitrogen and oxygen atoms in total. The van der Waals surface area contributed by atoms with Gasteiger partial charge in [0.25, 0.3) is 10.0 Å². The number of aromatic hydroxyl groups is 1. The molecule has 21 heavy (non-hydrogen) atoms. The Labute approximate surface area is 120 Å². The van der Waals surface area contributed by atoms with E-state index in [1.54, 1.807) is 6.92 Å². The Bertz CT molecular complexity index is 791. The highest BCUT2D eigenvalue weighted by Crippen LogP contribution is 2.28. The molecule has 0 fully saturated rings. The van der Waals surface area contributed by atoms with Gasteiger partial charge in [-0.15, -0.1) is 0 Å². The summed E-state index contributed by atoms with van der Waals surface area (Å²) in [5.74, 6) is -1.70. The van der Waals surface area contributed by atoms with Crippen LogP contribution in [0.4, 0.5) is 5.69 Å². The molecule has 0 aliphatic carbocycles. The van der Waals surface area contributed by atoms with Crippen LogP contribution >= 0.6 is 0 Å². The molecule has 0 spiro atoms. The van der Waals surface area contributed by atoms with E-state index in [9.17, 15) is 18.3 Å². The summed E-state index contributed by atoms with van der Waals surface area (Å²) in [6.45, 7) is 3.09. The molecule has 0 saturated heterocycles. The van der Waals surface area contributed by atoms with Gasteiger partial charge in [-0.05, 0) is 32.0 Å². The number of carboxylic acids is 1. The van der Waals surface area contributed by atoms with Gasteiger partial charge in [0.1, 0.15) is 10.6 Å². The summed E-state index contributed by atoms with van der Waals surface area (Å²) < 4.78 is 26.8. The number of H-pyrrole nitrogens is 1. The van der Waals surface area contributed by atoms with Gasteiger partial charge in [0.05, 0.1) is 22.6 Å². The van der Waals surface area contributed by atoms with Crippen LogP contribution in [0, 0.1) is 13.8 Å². The number of hydrogen-bond acceptors (Lipinski definition) is 5. The van der Waals surface area contributed by atoms with Gasteiger partial charge in [-0.2, -0.15) is 5.10 Å². The molecule has 0 radical (unpaired) electrons. The van der Waals surface area contributed by atoms with Gasteiger partial charge in [-0.25, -0.2) is 13.2 Å². The molecule has 0 aliphatic rings. The maximum atomic E-state index is 12.3. The van der Waals surface area contributed by atoms with Gasteiger partial charge < -0.3 is 10.2 Å². The van der Waals surface area contributed by atoms with Crippen molar-refractivity contribution in [3.63, 3.8) is 0 Å². The van der Waals surface area contributed by atoms with Crippen molar-refractivity contribution in [3.05, 3.63) is 35.2 Å². The molecule has 0 unspecified atom stereocenters. The number of nitrogens with zero attached hydrogens (tertiary/aromatic N) is 1. The van der Waals surface area contributed by atoms with Gasteiger partial charge in [0, 0.05) is 0 Å². The van der Waals surface area contributed by atoms with Crippen LogP contribution in [0.2, 0.25) is 0 Å². The van der Waals surface area contributed by atoms with Gasteiger partial charge in [-0.1, -0.05) is 0 Å². The van der Waals surface area contributed by atoms with Crippen molar-refractivity contribution < 1.29 is 23.4 Å². The molecule has 0 atom stereocenters. The molecule has 9 heteroatoms. The number of phenolic OH excluding ortho intramolecular Hbond substituents is 1. The standard InChI is InChI=1S/C12H13N3O5S/c1-6-11(7(2)14-13-6)21(19,20)15-9-4-3-8(12(17)18)5-10(9)16/h3-5,15-16H,1-2H3,(H,13,14)(H,17,18). The number of aromatic nitrogens is 2. The zero-order valence-electron chi connectivity index (χ0n) is 11.2. The fourth-order valence-corrected chi connectivity index (χ4v) is 3.33. The smallest absolute Gasteiger partial charge is 0.335 e. The van der Waals surface area contributed by atoms with E-state index in [0.29, 0.717) is 11.4 Å². The summed E-state index contributed by atoms with van der Waals surface area (Å²) >= 11 is 0. The van der Waals surface area contributed by atoms with Crippen molar-refractivity contribution in [2.75, 3.05) is 4.72 Å². The molecule has 1 aromatic heterocycles. The SMILES string of the molecule is Cc1n[nH]c(C)c1S(=O)(=O)Nc1ccc(C(=O)O)cc1O. The molecule has 2 rings (SSSR count). The first-order chi connectivity index (χ1) is 9.72. The number of rotatable bonds is 4. The Hall–Kier alpha value is -2.55. The van der Waals surface area contributed by atoms with E-state index in [1.165, 1.54) is 19.1 Å². The lowest BCUT2D eigenvalue weighted by molar-refractivity contribution is 0.0696. The van der Waals surface area contributed by atoms with Crippen molar-refractivity contribution in [3.8, 4) is 5.75 Å². The number of nitrogens with one attached hydrogen (secondary N) is 2. The minimum atomic E-state index is -3.94. The minimum absolute atomic E-state index is 0.00999. The van der Waals surface area contributed by atoms with E-state index in [1.807, 2.05) is 0 Å². The van der Waals surface area contributed by atoms with E-state index >= 15 is 0 Å². The number of aromatic amines is 1. The fraction of sp³-hybridized carbons (Fsp3) is 0.167. The third-order valence-corrected chi connectivity index (χ3v) is 4.45. The van der Waals surface area contributed by atoms with Crippen LogP contribution in [-0.4, -0.2) is 34.8 Å². The number of aromatic carboxylic acids is 1. The second-order valence-electron chi connectivity index (χ2n) is 4.41. The molecule has 2 aromatic rings. The van der Waals surface area contributed by atoms with Crippen molar-refractivity contribution in [2.24, 2.45) is 0 Å². The average molecular weight is 311 g/mol. The Balaban J connectivity index is 2.40. The summed E-state index contributed by atoms with van der Waals surface area (Å²) in [7, 11) is -3.94. The van der Waals surface area contributed by atoms with Crippen LogP contribution in [0.3, 0.4) is 0 Å². The van der Waals surface area contributed by atoms with E-state index in [0.717, 1.165) is 6.07 Å². The van der Waals surface area contributed by atoms with Crippen molar-refractivity contribution in [1.82, 2.24) is 10.2 Å². The van der Waals surface area contributed by atoms with Crippen LogP contribution in [-0.2, 0) is 10.0 Å². The fourth-order valence-electron chi connectivity index (χ4n) is 1.88. The highest BCUT2D eigenvalue weighted by Gasteiger charge is 2.23. The molecule has 112 valence electrons. The second-order valence-corrected chi connectivity index (χ2v) is 6.02. The number of carbonyl (C=O) groups is 1. The highest BCUT2D eigenvalue weighted by atomic mass is 32.2. The predicted molar refractivity (Wildman–Crippen MR) is 73.9 cm³/mol. The lowest BCUT2D eigenvalue weighted by Crippen LogP contribution is -2.15. The number of sulfonamides is 1. The summed E-state index contributed by atoms with van der Waals surface area (Å²) in [4.78, 5) is 10.8. The normalized spacial score (nSPS) is 11.3. The van der Waals surface area contributed by atoms with Gasteiger partial charge >= 0.3 is 5.97 Å². The van der Waals surface area contributed by atoms with Crippen molar-refractivity contribution in [2.45, 2.75) is 18.7 Å². The molecular formula is C12H13N3O5S. The Morgan fingerprint density at radius 2 is 2.00 bits per heavy atom. The van der Waals surface area contributed by atoms with Crippen LogP contribution in [0.15, 0.2) is 23.1 Å². The minimum Gasteiger partial charge on any atom is -0.506 e. The summed E-state index contributed by atoms with van der Waals surface area (Å²) in [5.41, 5.74) is 0.398. The van der Waals surface area contributed by atoms with Gasteiger partial charge in [0.2, 0.25) is 0 Å². The van der Waals surface area contributed by atoms with Gasteiger partial charge in [-0.3, -0.25) is 9.82 Å². The third-order valence-electron chi connectivity index (χ3n) is 2.82. The summed E-state index contributed by atoms with van der Waals surface area (Å²) in [6, 6.07) is 3.34. The van der Waals surface area contributed by atoms with Crippen molar-refractivity contribution in [1.29, 1.82) is 0 Å². The number of benzene rings is 1. The Kier molecular flexibility index (Phi) is 3.60. The Morgan fingerprint density at radius 3 is 2.48 bits per heavy atom. The first kappa shape index (κ1) is 14.9. The number of anilines is 1. The lowest BCUT2D eigenvalue weighted by atomic mass is 10.2. The number of hydrogen-bond donors (Lipinski definition) is 4. The monoisotopic (exact) mass is 311 g/mol. The average Bonchev–Trinajstić information content (AvgIpc) is 2.71. The molecule has 1 aromatic carbocycles. The zero-order valence-corrected chi connectivity index (χ0v) is 12.0. The Morgan fingerprint density at radius 1 is 1.33 bits per heavy atom. The van der Waals surface area contributed by atoms with E-state index in [2.05, 4.69) is 14.9 Å². The maximum Gasteiger partial charge on any atom is 0.335 e. The maximum absolute atomic E-state index is 12.3. The molecule has 0 saturated carbocycles. The largest absolute Gasteiger partial charge is 0.506 e. The lowest BCUT2D eigenvalue weighted by Gasteiger charge is -2.10. The molecule has 0 aliphatic heterocycles. The van der Waals surface area contributed by atoms with E-state index < -0.39 is 21.7 Å². The quantitative estimate of drug-likeness (QED) is 0.628. The molecule has 0 bridgehead atoms. The van der Waals surface area contributed by atoms with E-state index in [4.69, 9.17) is 5.11 Å². The first-order valence-corrected chi connectivity index (χ1v) is 7.31. The van der Waals surface area contributed by atoms with Gasteiger partial charge in [0.15, 0.2) is 0 Å². The highest BCUT2D eigenvalue weighted by molar-refractivity contribution is 7.92. The van der Waals surface area contributed by atoms with Crippen LogP contribution < -0.4 is 4.72 Å². The zero-order chi connectivity index (χ0) is 15.8. The van der Waals surface area contributed by atoms with Crippen molar-refractivity contribution >= 4 is 21.7 Å². The summed E-state index contributed by atoms with van der Waals surface area (Å²) in [5, 5.41) is 24.9. The topological polar surface area (TPSA) is 132 Å². The van der Waals surface area contributed by atoms with Crippen LogP contribution in [0.5, 0.6) is 5.75 Å². The van der Waals surface area contributed by atoms with Crippen LogP contribution in [0.1, 0.15) is 21.7 Å². The predicted octanol–water partition coefficient (Wildman–Crippen LogP) is 1.23. The number of carboxylic acid groups (broad SMARTS) is 1. The number of phenols is 1. The summed E-state index contributed by atoms with van der Waals surface area (Å²) in [6.07, 6.45) is 0. The van der Waals surface area contributed by atoms with E-state index in [-0.39, 0.29) is 16.1 Å². The molecule has 4 N–H and O–H groups in total.